The minimum Gasteiger partial charge on any atom is -0.453 e. The van der Waals surface area contributed by atoms with Crippen LogP contribution >= 0.6 is 11.8 Å². The van der Waals surface area contributed by atoms with E-state index in [9.17, 15) is 9.59 Å². The number of amides is 2. The minimum absolute atomic E-state index is 0.0263. The number of nitriles is 1. The summed E-state index contributed by atoms with van der Waals surface area (Å²) in [6.45, 7) is 1.54. The second-order valence-electron chi connectivity index (χ2n) is 11.1. The number of carbonyl (C=O) groups excluding carboxylic acids is 2. The van der Waals surface area contributed by atoms with Crippen molar-refractivity contribution in [2.24, 2.45) is 0 Å². The normalized spacial score (nSPS) is 16.6. The average molecular weight is 635 g/mol. The van der Waals surface area contributed by atoms with E-state index in [2.05, 4.69) is 22.0 Å². The van der Waals surface area contributed by atoms with Crippen molar-refractivity contribution in [2.75, 3.05) is 31.3 Å². The van der Waals surface area contributed by atoms with Gasteiger partial charge in [0.2, 0.25) is 5.91 Å². The van der Waals surface area contributed by atoms with Crippen LogP contribution in [0.5, 0.6) is 0 Å². The number of morpholine rings is 1. The monoisotopic (exact) mass is 634 g/mol. The number of anilines is 1. The van der Waals surface area contributed by atoms with Crippen molar-refractivity contribution in [3.8, 4) is 6.07 Å². The van der Waals surface area contributed by atoms with Gasteiger partial charge in [-0.05, 0) is 59.9 Å². The first-order valence-electron chi connectivity index (χ1n) is 15.4. The van der Waals surface area contributed by atoms with Gasteiger partial charge >= 0.3 is 6.09 Å². The van der Waals surface area contributed by atoms with Gasteiger partial charge in [0, 0.05) is 35.3 Å². The summed E-state index contributed by atoms with van der Waals surface area (Å²) in [6, 6.07) is 35.9. The Hall–Kier alpha value is -4.62. The standard InChI is InChI=1S/C37H38N4O4S/c1-44-37(43)41-35(34(28-11-4-2-5-12-28)29-13-6-3-7-14-29)36(42)40-33-15-9-8-10-27(33)18-19-30-23-39-24-31(45-30)25-46-32-20-16-26(22-38)17-21-32/h2-17,20-21,30-31,34-35,39H,18-19,23-25H2,1H3,(H,40,42)(H,41,43)/t30-,31+,35?/m1/s1. The predicted octanol–water partition coefficient (Wildman–Crippen LogP) is 6.14. The molecule has 9 heteroatoms. The van der Waals surface area contributed by atoms with E-state index in [1.165, 1.54) is 7.11 Å². The number of hydrogen-bond donors (Lipinski definition) is 3. The lowest BCUT2D eigenvalue weighted by atomic mass is 9.84. The van der Waals surface area contributed by atoms with E-state index in [0.717, 1.165) is 46.8 Å². The number of rotatable bonds is 12. The zero-order chi connectivity index (χ0) is 32.1. The van der Waals surface area contributed by atoms with Crippen LogP contribution in [0.25, 0.3) is 0 Å². The Morgan fingerprint density at radius 3 is 2.20 bits per heavy atom. The number of para-hydroxylation sites is 1. The molecule has 1 heterocycles. The SMILES string of the molecule is COC(=O)NC(C(=O)Nc1ccccc1CC[C@@H]1CNC[C@@H](CSc2ccc(C#N)cc2)O1)C(c1ccccc1)c1ccccc1. The molecule has 1 aliphatic rings. The van der Waals surface area contributed by atoms with Crippen LogP contribution in [-0.2, 0) is 20.7 Å². The van der Waals surface area contributed by atoms with Gasteiger partial charge in [-0.2, -0.15) is 5.26 Å². The van der Waals surface area contributed by atoms with Gasteiger partial charge in [0.15, 0.2) is 0 Å². The molecule has 8 nitrogen and oxygen atoms in total. The summed E-state index contributed by atoms with van der Waals surface area (Å²) in [5.41, 5.74) is 4.13. The van der Waals surface area contributed by atoms with Crippen molar-refractivity contribution >= 4 is 29.4 Å². The summed E-state index contributed by atoms with van der Waals surface area (Å²) < 4.78 is 11.4. The summed E-state index contributed by atoms with van der Waals surface area (Å²) in [6.07, 6.45) is 0.886. The Kier molecular flexibility index (Phi) is 11.8. The van der Waals surface area contributed by atoms with Gasteiger partial charge in [0.1, 0.15) is 6.04 Å². The molecule has 0 aliphatic carbocycles. The molecule has 3 atom stereocenters. The molecule has 0 saturated carbocycles. The van der Waals surface area contributed by atoms with Gasteiger partial charge in [0.05, 0.1) is 31.0 Å². The maximum Gasteiger partial charge on any atom is 0.407 e. The summed E-state index contributed by atoms with van der Waals surface area (Å²) in [4.78, 5) is 27.7. The first-order valence-corrected chi connectivity index (χ1v) is 16.3. The largest absolute Gasteiger partial charge is 0.453 e. The number of methoxy groups -OCH3 is 1. The van der Waals surface area contributed by atoms with Gasteiger partial charge in [-0.25, -0.2) is 4.79 Å². The Morgan fingerprint density at radius 2 is 1.54 bits per heavy atom. The zero-order valence-electron chi connectivity index (χ0n) is 25.7. The number of ether oxygens (including phenoxy) is 2. The number of nitrogens with one attached hydrogen (secondary N) is 3. The molecule has 1 unspecified atom stereocenters. The quantitative estimate of drug-likeness (QED) is 0.161. The molecule has 0 spiro atoms. The smallest absolute Gasteiger partial charge is 0.407 e. The van der Waals surface area contributed by atoms with Crippen molar-refractivity contribution in [2.45, 2.75) is 41.9 Å². The first-order chi connectivity index (χ1) is 22.5. The number of hydrogen-bond acceptors (Lipinski definition) is 7. The van der Waals surface area contributed by atoms with Crippen LogP contribution in [0.15, 0.2) is 114 Å². The molecule has 3 N–H and O–H groups in total. The van der Waals surface area contributed by atoms with Gasteiger partial charge in [-0.15, -0.1) is 11.8 Å². The van der Waals surface area contributed by atoms with Crippen molar-refractivity contribution < 1.29 is 19.1 Å². The van der Waals surface area contributed by atoms with Crippen molar-refractivity contribution in [3.63, 3.8) is 0 Å². The molecule has 0 radical (unpaired) electrons. The van der Waals surface area contributed by atoms with E-state index in [-0.39, 0.29) is 18.1 Å². The first kappa shape index (κ1) is 32.8. The summed E-state index contributed by atoms with van der Waals surface area (Å²) in [5, 5.41) is 18.5. The lowest BCUT2D eigenvalue weighted by Crippen LogP contribution is -2.48. The molecule has 4 aromatic carbocycles. The molecule has 1 saturated heterocycles. The summed E-state index contributed by atoms with van der Waals surface area (Å²) in [7, 11) is 1.29. The van der Waals surface area contributed by atoms with E-state index >= 15 is 0 Å². The molecule has 2 amide bonds. The van der Waals surface area contributed by atoms with Crippen LogP contribution in [0, 0.1) is 11.3 Å². The number of alkyl carbamates (subject to hydrolysis) is 1. The maximum atomic E-state index is 14.0. The zero-order valence-corrected chi connectivity index (χ0v) is 26.5. The molecule has 0 bridgehead atoms. The second kappa shape index (κ2) is 16.6. The van der Waals surface area contributed by atoms with Crippen LogP contribution in [0.1, 0.15) is 34.6 Å². The molecule has 46 heavy (non-hydrogen) atoms. The third kappa shape index (κ3) is 8.98. The van der Waals surface area contributed by atoms with Crippen LogP contribution in [0.3, 0.4) is 0 Å². The van der Waals surface area contributed by atoms with Crippen LogP contribution in [-0.4, -0.2) is 56.2 Å². The predicted molar refractivity (Wildman–Crippen MR) is 181 cm³/mol. The van der Waals surface area contributed by atoms with Gasteiger partial charge in [-0.1, -0.05) is 78.9 Å². The number of nitrogens with zero attached hydrogens (tertiary/aromatic N) is 1. The second-order valence-corrected chi connectivity index (χ2v) is 12.2. The van der Waals surface area contributed by atoms with E-state index < -0.39 is 18.1 Å². The molecular formula is C37H38N4O4S. The van der Waals surface area contributed by atoms with E-state index in [1.54, 1.807) is 11.8 Å². The average Bonchev–Trinajstić information content (AvgIpc) is 3.11. The summed E-state index contributed by atoms with van der Waals surface area (Å²) >= 11 is 1.72. The van der Waals surface area contributed by atoms with Crippen LogP contribution < -0.4 is 16.0 Å². The Balaban J connectivity index is 1.26. The van der Waals surface area contributed by atoms with Crippen molar-refractivity contribution in [3.05, 3.63) is 131 Å². The highest BCUT2D eigenvalue weighted by Crippen LogP contribution is 2.30. The third-order valence-electron chi connectivity index (χ3n) is 7.95. The Labute approximate surface area is 274 Å². The van der Waals surface area contributed by atoms with E-state index in [1.807, 2.05) is 109 Å². The fourth-order valence-electron chi connectivity index (χ4n) is 5.63. The highest BCUT2D eigenvalue weighted by Gasteiger charge is 2.33. The van der Waals surface area contributed by atoms with Crippen LogP contribution in [0.4, 0.5) is 10.5 Å². The maximum absolute atomic E-state index is 14.0. The number of carbonyl (C=O) groups is 2. The Bertz CT molecular complexity index is 1570. The molecule has 5 rings (SSSR count). The number of thioether (sulfide) groups is 1. The highest BCUT2D eigenvalue weighted by molar-refractivity contribution is 7.99. The molecule has 236 valence electrons. The minimum atomic E-state index is -0.939. The summed E-state index contributed by atoms with van der Waals surface area (Å²) in [5.74, 6) is 0.0150. The fraction of sp³-hybridized carbons (Fsp3) is 0.270. The van der Waals surface area contributed by atoms with Crippen LogP contribution in [0.2, 0.25) is 0 Å². The van der Waals surface area contributed by atoms with Gasteiger partial charge in [-0.3, -0.25) is 4.79 Å². The lowest BCUT2D eigenvalue weighted by Gasteiger charge is -2.31. The van der Waals surface area contributed by atoms with E-state index in [4.69, 9.17) is 14.7 Å². The highest BCUT2D eigenvalue weighted by atomic mass is 32.2. The molecule has 4 aromatic rings. The number of aryl methyl sites for hydroxylation is 1. The molecule has 1 fully saturated rings. The third-order valence-corrected chi connectivity index (χ3v) is 9.09. The van der Waals surface area contributed by atoms with Gasteiger partial charge in [0.25, 0.3) is 0 Å². The lowest BCUT2D eigenvalue weighted by molar-refractivity contribution is -0.118. The molecular weight excluding hydrogens is 596 g/mol. The van der Waals surface area contributed by atoms with E-state index in [0.29, 0.717) is 17.7 Å². The van der Waals surface area contributed by atoms with Gasteiger partial charge < -0.3 is 25.4 Å². The molecule has 1 aliphatic heterocycles. The number of benzene rings is 4. The topological polar surface area (TPSA) is 112 Å². The van der Waals surface area contributed by atoms with Crippen molar-refractivity contribution in [1.29, 1.82) is 5.26 Å². The molecule has 0 aromatic heterocycles. The Morgan fingerprint density at radius 1 is 0.913 bits per heavy atom. The van der Waals surface area contributed by atoms with Crippen molar-refractivity contribution in [1.82, 2.24) is 10.6 Å². The fourth-order valence-corrected chi connectivity index (χ4v) is 6.53.